The number of nitro groups is 1. The van der Waals surface area contributed by atoms with Crippen LogP contribution in [-0.2, 0) is 0 Å². The van der Waals surface area contributed by atoms with Gasteiger partial charge in [-0.15, -0.1) is 0 Å². The number of carbonyl (C=O) groups is 1. The second-order valence-electron chi connectivity index (χ2n) is 5.34. The standard InChI is InChI=1S/C12H16N4O3/c13-7-5-8-1-2-9(6-7)15(8)12(17)10-3-4-11(14-10)16(18)19/h3-4,7-9,14H,1-2,5-6,13H2. The first kappa shape index (κ1) is 12.2. The molecule has 7 heteroatoms. The Morgan fingerprint density at radius 3 is 2.53 bits per heavy atom. The predicted molar refractivity (Wildman–Crippen MR) is 67.6 cm³/mol. The molecule has 2 atom stereocenters. The van der Waals surface area contributed by atoms with Gasteiger partial charge in [-0.25, -0.2) is 4.98 Å². The van der Waals surface area contributed by atoms with Crippen LogP contribution in [-0.4, -0.2) is 38.8 Å². The van der Waals surface area contributed by atoms with Crippen LogP contribution in [0, 0.1) is 10.1 Å². The molecule has 2 saturated heterocycles. The summed E-state index contributed by atoms with van der Waals surface area (Å²) in [5, 5.41) is 10.6. The number of rotatable bonds is 2. The maximum atomic E-state index is 12.4. The van der Waals surface area contributed by atoms with Crippen molar-refractivity contribution >= 4 is 11.7 Å². The number of hydrogen-bond donors (Lipinski definition) is 2. The lowest BCUT2D eigenvalue weighted by atomic mass is 9.98. The highest BCUT2D eigenvalue weighted by molar-refractivity contribution is 5.93. The largest absolute Gasteiger partial charge is 0.358 e. The highest BCUT2D eigenvalue weighted by Crippen LogP contribution is 2.36. The molecule has 2 aliphatic rings. The molecule has 2 aliphatic heterocycles. The summed E-state index contributed by atoms with van der Waals surface area (Å²) in [6, 6.07) is 3.34. The lowest BCUT2D eigenvalue weighted by Crippen LogP contribution is -2.50. The van der Waals surface area contributed by atoms with Gasteiger partial charge >= 0.3 is 5.82 Å². The molecule has 2 bridgehead atoms. The van der Waals surface area contributed by atoms with Gasteiger partial charge in [0, 0.05) is 24.2 Å². The summed E-state index contributed by atoms with van der Waals surface area (Å²) in [6.07, 6.45) is 3.61. The van der Waals surface area contributed by atoms with Crippen LogP contribution >= 0.6 is 0 Å². The first-order valence-corrected chi connectivity index (χ1v) is 6.48. The molecule has 102 valence electrons. The van der Waals surface area contributed by atoms with Gasteiger partial charge in [0.1, 0.15) is 0 Å². The maximum absolute atomic E-state index is 12.4. The van der Waals surface area contributed by atoms with Crippen molar-refractivity contribution < 1.29 is 9.72 Å². The minimum atomic E-state index is -0.530. The van der Waals surface area contributed by atoms with E-state index in [0.717, 1.165) is 25.7 Å². The molecule has 0 aliphatic carbocycles. The highest BCUT2D eigenvalue weighted by Gasteiger charge is 2.43. The van der Waals surface area contributed by atoms with E-state index >= 15 is 0 Å². The molecular weight excluding hydrogens is 248 g/mol. The summed E-state index contributed by atoms with van der Waals surface area (Å²) in [6.45, 7) is 0. The van der Waals surface area contributed by atoms with Crippen molar-refractivity contribution in [2.24, 2.45) is 5.73 Å². The number of aromatic nitrogens is 1. The second-order valence-corrected chi connectivity index (χ2v) is 5.34. The molecule has 1 amide bonds. The second kappa shape index (κ2) is 4.34. The molecule has 0 radical (unpaired) electrons. The Labute approximate surface area is 109 Å². The fourth-order valence-electron chi connectivity index (χ4n) is 3.30. The molecule has 0 aromatic carbocycles. The minimum absolute atomic E-state index is 0.146. The van der Waals surface area contributed by atoms with Gasteiger partial charge in [0.25, 0.3) is 5.91 Å². The fourth-order valence-corrected chi connectivity index (χ4v) is 3.30. The van der Waals surface area contributed by atoms with Crippen molar-refractivity contribution in [2.75, 3.05) is 0 Å². The van der Waals surface area contributed by atoms with Gasteiger partial charge in [0.15, 0.2) is 5.69 Å². The first-order valence-electron chi connectivity index (χ1n) is 6.48. The number of nitrogens with zero attached hydrogens (tertiary/aromatic N) is 2. The van der Waals surface area contributed by atoms with Crippen molar-refractivity contribution in [3.63, 3.8) is 0 Å². The Morgan fingerprint density at radius 2 is 2.00 bits per heavy atom. The van der Waals surface area contributed by atoms with Crippen molar-refractivity contribution in [3.05, 3.63) is 27.9 Å². The van der Waals surface area contributed by atoms with Crippen LogP contribution in [0.1, 0.15) is 36.2 Å². The van der Waals surface area contributed by atoms with E-state index in [9.17, 15) is 14.9 Å². The third-order valence-corrected chi connectivity index (χ3v) is 4.10. The number of carbonyl (C=O) groups excluding carboxylic acids is 1. The van der Waals surface area contributed by atoms with Crippen LogP contribution in [0.25, 0.3) is 0 Å². The number of nitrogens with two attached hydrogens (primary N) is 1. The third-order valence-electron chi connectivity index (χ3n) is 4.10. The molecule has 2 unspecified atom stereocenters. The van der Waals surface area contributed by atoms with Gasteiger partial charge in [0.2, 0.25) is 0 Å². The van der Waals surface area contributed by atoms with E-state index in [-0.39, 0.29) is 29.9 Å². The number of fused-ring (bicyclic) bond motifs is 2. The van der Waals surface area contributed by atoms with Crippen molar-refractivity contribution in [2.45, 2.75) is 43.8 Å². The minimum Gasteiger partial charge on any atom is -0.358 e. The van der Waals surface area contributed by atoms with Gasteiger partial charge in [0.05, 0.1) is 0 Å². The zero-order chi connectivity index (χ0) is 13.6. The fraction of sp³-hybridized carbons (Fsp3) is 0.583. The summed E-state index contributed by atoms with van der Waals surface area (Å²) in [5.41, 5.74) is 6.26. The van der Waals surface area contributed by atoms with Gasteiger partial charge in [-0.05, 0) is 36.7 Å². The summed E-state index contributed by atoms with van der Waals surface area (Å²) >= 11 is 0. The van der Waals surface area contributed by atoms with Crippen molar-refractivity contribution in [3.8, 4) is 0 Å². The molecule has 0 spiro atoms. The number of H-pyrrole nitrogens is 1. The molecule has 3 N–H and O–H groups in total. The molecule has 1 aromatic heterocycles. The van der Waals surface area contributed by atoms with Crippen LogP contribution in [0.15, 0.2) is 12.1 Å². The van der Waals surface area contributed by atoms with Crippen molar-refractivity contribution in [1.82, 2.24) is 9.88 Å². The van der Waals surface area contributed by atoms with E-state index in [1.807, 2.05) is 4.90 Å². The molecule has 0 saturated carbocycles. The van der Waals surface area contributed by atoms with Gasteiger partial charge in [-0.3, -0.25) is 4.79 Å². The van der Waals surface area contributed by atoms with Gasteiger partial charge in [-0.1, -0.05) is 0 Å². The first-order chi connectivity index (χ1) is 9.06. The van der Waals surface area contributed by atoms with E-state index in [2.05, 4.69) is 4.98 Å². The van der Waals surface area contributed by atoms with E-state index in [1.54, 1.807) is 0 Å². The van der Waals surface area contributed by atoms with Crippen LogP contribution < -0.4 is 5.73 Å². The number of amides is 1. The SMILES string of the molecule is NC1CC2CCC(C1)N2C(=O)c1ccc([N+](=O)[O-])[nH]1. The topological polar surface area (TPSA) is 105 Å². The maximum Gasteiger partial charge on any atom is 0.321 e. The lowest BCUT2D eigenvalue weighted by molar-refractivity contribution is -0.389. The Balaban J connectivity index is 1.82. The summed E-state index contributed by atoms with van der Waals surface area (Å²) in [5.74, 6) is -0.295. The Hall–Kier alpha value is -1.89. The molecule has 1 aromatic rings. The molecule has 7 nitrogen and oxygen atoms in total. The summed E-state index contributed by atoms with van der Waals surface area (Å²) in [4.78, 5) is 27.0. The third kappa shape index (κ3) is 1.99. The predicted octanol–water partition coefficient (Wildman–Crippen LogP) is 1.02. The van der Waals surface area contributed by atoms with E-state index < -0.39 is 4.92 Å². The molecular formula is C12H16N4O3. The van der Waals surface area contributed by atoms with Gasteiger partial charge < -0.3 is 20.7 Å². The Kier molecular flexibility index (Phi) is 2.78. The number of piperidine rings is 1. The van der Waals surface area contributed by atoms with Crippen LogP contribution in [0.4, 0.5) is 5.82 Å². The van der Waals surface area contributed by atoms with Crippen LogP contribution in [0.2, 0.25) is 0 Å². The quantitative estimate of drug-likeness (QED) is 0.614. The smallest absolute Gasteiger partial charge is 0.321 e. The highest BCUT2D eigenvalue weighted by atomic mass is 16.6. The molecule has 3 heterocycles. The van der Waals surface area contributed by atoms with E-state index in [0.29, 0.717) is 5.69 Å². The number of nitrogens with one attached hydrogen (secondary N) is 1. The van der Waals surface area contributed by atoms with E-state index in [1.165, 1.54) is 12.1 Å². The summed E-state index contributed by atoms with van der Waals surface area (Å²) in [7, 11) is 0. The lowest BCUT2D eigenvalue weighted by Gasteiger charge is -2.37. The van der Waals surface area contributed by atoms with Crippen LogP contribution in [0.3, 0.4) is 0 Å². The van der Waals surface area contributed by atoms with E-state index in [4.69, 9.17) is 5.73 Å². The average Bonchev–Trinajstić information content (AvgIpc) is 2.93. The average molecular weight is 264 g/mol. The number of hydrogen-bond acceptors (Lipinski definition) is 4. The summed E-state index contributed by atoms with van der Waals surface area (Å²) < 4.78 is 0. The number of aromatic amines is 1. The molecule has 19 heavy (non-hydrogen) atoms. The Bertz CT molecular complexity index is 513. The molecule has 3 rings (SSSR count). The van der Waals surface area contributed by atoms with Crippen LogP contribution in [0.5, 0.6) is 0 Å². The zero-order valence-electron chi connectivity index (χ0n) is 10.4. The zero-order valence-corrected chi connectivity index (χ0v) is 10.4. The Morgan fingerprint density at radius 1 is 1.37 bits per heavy atom. The van der Waals surface area contributed by atoms with Gasteiger partial charge in [-0.2, -0.15) is 0 Å². The molecule has 2 fully saturated rings. The monoisotopic (exact) mass is 264 g/mol. The normalized spacial score (nSPS) is 29.5. The van der Waals surface area contributed by atoms with Crippen molar-refractivity contribution in [1.29, 1.82) is 0 Å².